The van der Waals surface area contributed by atoms with Crippen molar-refractivity contribution in [2.24, 2.45) is 5.92 Å². The Labute approximate surface area is 322 Å². The summed E-state index contributed by atoms with van der Waals surface area (Å²) in [6, 6.07) is 10.6. The molecule has 2 N–H and O–H groups in total. The van der Waals surface area contributed by atoms with Crippen molar-refractivity contribution in [2.75, 3.05) is 26.3 Å². The maximum absolute atomic E-state index is 15.5. The van der Waals surface area contributed by atoms with E-state index in [2.05, 4.69) is 29.7 Å². The summed E-state index contributed by atoms with van der Waals surface area (Å²) in [6.07, 6.45) is -3.09. The van der Waals surface area contributed by atoms with Gasteiger partial charge in [-0.3, -0.25) is 14.5 Å². The Kier molecular flexibility index (Phi) is 12.6. The average Bonchev–Trinajstić information content (AvgIpc) is 3.81. The zero-order chi connectivity index (χ0) is 40.7. The predicted octanol–water partition coefficient (Wildman–Crippen LogP) is 7.77. The molecule has 0 saturated heterocycles. The van der Waals surface area contributed by atoms with Crippen molar-refractivity contribution in [3.05, 3.63) is 65.0 Å². The summed E-state index contributed by atoms with van der Waals surface area (Å²) in [4.78, 5) is 31.0. The van der Waals surface area contributed by atoms with Gasteiger partial charge in [0.05, 0.1) is 57.6 Å². The highest BCUT2D eigenvalue weighted by Crippen LogP contribution is 2.42. The molecule has 0 unspecified atom stereocenters. The third-order valence-electron chi connectivity index (χ3n) is 9.73. The number of imide groups is 1. The van der Waals surface area contributed by atoms with Gasteiger partial charge in [0.2, 0.25) is 0 Å². The van der Waals surface area contributed by atoms with Crippen LogP contribution < -0.4 is 10.0 Å². The number of carbonyl (C=O) groups is 2. The van der Waals surface area contributed by atoms with Crippen LogP contribution in [-0.4, -0.2) is 87.3 Å². The van der Waals surface area contributed by atoms with E-state index in [0.29, 0.717) is 28.1 Å². The minimum atomic E-state index is -4.68. The van der Waals surface area contributed by atoms with E-state index in [1.54, 1.807) is 55.7 Å². The Balaban J connectivity index is 1.44. The number of ether oxygens (including phenoxy) is 2. The van der Waals surface area contributed by atoms with E-state index in [9.17, 15) is 27.0 Å². The first-order valence-corrected chi connectivity index (χ1v) is 23.3. The molecule has 2 amide bonds. The molecule has 0 radical (unpaired) electrons. The van der Waals surface area contributed by atoms with Crippen molar-refractivity contribution in [3.8, 4) is 0 Å². The molecule has 5 rings (SSSR count). The molecule has 1 aliphatic heterocycles. The van der Waals surface area contributed by atoms with Crippen LogP contribution in [0.2, 0.25) is 25.7 Å². The number of fused-ring (bicyclic) bond motifs is 2. The second-order valence-corrected chi connectivity index (χ2v) is 24.8. The second-order valence-electron chi connectivity index (χ2n) is 17.2. The molecule has 17 heteroatoms. The van der Waals surface area contributed by atoms with Gasteiger partial charge in [-0.25, -0.2) is 22.7 Å². The topological polar surface area (TPSA) is 115 Å². The first-order valence-electron chi connectivity index (χ1n) is 18.4. The van der Waals surface area contributed by atoms with Crippen LogP contribution in [0.4, 0.5) is 22.0 Å². The van der Waals surface area contributed by atoms with Crippen LogP contribution in [0.1, 0.15) is 91.6 Å². The molecular weight excluding hydrogens is 762 g/mol. The lowest BCUT2D eigenvalue weighted by molar-refractivity contribution is -0.265. The summed E-state index contributed by atoms with van der Waals surface area (Å²) < 4.78 is 101. The van der Waals surface area contributed by atoms with Crippen molar-refractivity contribution in [1.82, 2.24) is 24.5 Å². The van der Waals surface area contributed by atoms with Gasteiger partial charge in [0.1, 0.15) is 18.6 Å². The Morgan fingerprint density at radius 3 is 2.13 bits per heavy atom. The fourth-order valence-corrected chi connectivity index (χ4v) is 7.59. The zero-order valence-corrected chi connectivity index (χ0v) is 34.4. The molecule has 304 valence electrons. The molecule has 3 aromatic rings. The Bertz CT molecular complexity index is 1870. The van der Waals surface area contributed by atoms with Gasteiger partial charge in [0, 0.05) is 20.7 Å². The maximum atomic E-state index is 15.5. The first-order chi connectivity index (χ1) is 25.4. The lowest BCUT2D eigenvalue weighted by atomic mass is 10.0. The lowest BCUT2D eigenvalue weighted by Crippen LogP contribution is -2.46. The highest BCUT2D eigenvalue weighted by atomic mass is 32.2. The van der Waals surface area contributed by atoms with Crippen LogP contribution in [-0.2, 0) is 27.2 Å². The van der Waals surface area contributed by atoms with Gasteiger partial charge in [0.25, 0.3) is 17.7 Å². The molecule has 2 aliphatic rings. The highest BCUT2D eigenvalue weighted by Gasteiger charge is 2.49. The van der Waals surface area contributed by atoms with Gasteiger partial charge < -0.3 is 19.4 Å². The van der Waals surface area contributed by atoms with Gasteiger partial charge in [-0.05, 0) is 89.3 Å². The summed E-state index contributed by atoms with van der Waals surface area (Å²) in [5, 5.41) is 2.99. The zero-order valence-electron chi connectivity index (χ0n) is 32.6. The SMILES string of the molecule is CC(C)(C)[S@@](=O)N[C@@H](COC(C)(C)C(F)(F)F)c1nc2cc([C@H](NCC(F)(F)CN3C(=O)c4ccccc4C3=O)C3CC3)ccc2n1COCC[Si](C)(C)C. The van der Waals surface area contributed by atoms with Crippen molar-refractivity contribution in [1.29, 1.82) is 0 Å². The van der Waals surface area contributed by atoms with Crippen LogP contribution >= 0.6 is 0 Å². The van der Waals surface area contributed by atoms with E-state index in [-0.39, 0.29) is 29.6 Å². The summed E-state index contributed by atoms with van der Waals surface area (Å²) in [5.74, 6) is -4.67. The standard InChI is InChI=1S/C38H52F5N5O5SSi/c1-35(2,3)54(51)46-29(20-53-36(4,5)38(41,42)43)32-45-28-19-25(15-16-30(28)48(32)23-52-17-18-55(6,7)8)31(24-13-14-24)44-21-37(39,40)22-47-33(49)26-11-9-10-12-27(26)34(47)50/h9-12,15-16,19,24,29,31,44,46H,13-14,17-18,20-23H2,1-8H3/t29-,31+,54+/m0/s1. The molecule has 3 atom stereocenters. The number of nitrogens with one attached hydrogen (secondary N) is 2. The van der Waals surface area contributed by atoms with Crippen molar-refractivity contribution in [3.63, 3.8) is 0 Å². The van der Waals surface area contributed by atoms with Crippen LogP contribution in [0, 0.1) is 5.92 Å². The van der Waals surface area contributed by atoms with Gasteiger partial charge in [-0.1, -0.05) is 37.8 Å². The highest BCUT2D eigenvalue weighted by molar-refractivity contribution is 7.84. The number of hydrogen-bond acceptors (Lipinski definition) is 7. The number of nitrogens with zero attached hydrogens (tertiary/aromatic N) is 3. The summed E-state index contributed by atoms with van der Waals surface area (Å²) in [6.45, 7) is 11.7. The third-order valence-corrected chi connectivity index (χ3v) is 13.0. The van der Waals surface area contributed by atoms with E-state index in [0.717, 1.165) is 32.7 Å². The lowest BCUT2D eigenvalue weighted by Gasteiger charge is -2.31. The van der Waals surface area contributed by atoms with Gasteiger partial charge in [-0.15, -0.1) is 0 Å². The normalized spacial score (nSPS) is 17.6. The number of carbonyl (C=O) groups excluding carboxylic acids is 2. The number of halogens is 5. The minimum Gasteiger partial charge on any atom is -0.364 e. The predicted molar refractivity (Wildman–Crippen MR) is 204 cm³/mol. The van der Waals surface area contributed by atoms with Gasteiger partial charge >= 0.3 is 6.18 Å². The quantitative estimate of drug-likeness (QED) is 0.0584. The number of alkyl halides is 5. The number of hydrogen-bond donors (Lipinski definition) is 2. The van der Waals surface area contributed by atoms with E-state index >= 15 is 8.78 Å². The third kappa shape index (κ3) is 10.5. The molecule has 1 saturated carbocycles. The average molecular weight is 814 g/mol. The molecule has 0 bridgehead atoms. The second kappa shape index (κ2) is 16.0. The van der Waals surface area contributed by atoms with E-state index in [1.165, 1.54) is 12.1 Å². The molecule has 1 fully saturated rings. The molecule has 10 nitrogen and oxygen atoms in total. The van der Waals surface area contributed by atoms with E-state index < -0.39 is 85.1 Å². The van der Waals surface area contributed by atoms with Crippen LogP contribution in [0.15, 0.2) is 42.5 Å². The van der Waals surface area contributed by atoms with Gasteiger partial charge in [-0.2, -0.15) is 13.2 Å². The van der Waals surface area contributed by atoms with E-state index in [1.807, 2.05) is 0 Å². The molecule has 2 aromatic carbocycles. The number of aromatic nitrogens is 2. The molecule has 55 heavy (non-hydrogen) atoms. The molecule has 1 aliphatic carbocycles. The van der Waals surface area contributed by atoms with E-state index in [4.69, 9.17) is 14.5 Å². The maximum Gasteiger partial charge on any atom is 0.416 e. The smallest absolute Gasteiger partial charge is 0.364 e. The Morgan fingerprint density at radius 2 is 1.58 bits per heavy atom. The molecule has 0 spiro atoms. The van der Waals surface area contributed by atoms with Gasteiger partial charge in [0.15, 0.2) is 5.60 Å². The molecule has 2 heterocycles. The first kappa shape index (κ1) is 43.0. The Hall–Kier alpha value is -3.09. The number of imidazole rings is 1. The van der Waals surface area contributed by atoms with Crippen LogP contribution in [0.3, 0.4) is 0 Å². The fraction of sp³-hybridized carbons (Fsp3) is 0.605. The van der Waals surface area contributed by atoms with Crippen LogP contribution in [0.5, 0.6) is 0 Å². The largest absolute Gasteiger partial charge is 0.416 e. The Morgan fingerprint density at radius 1 is 0.964 bits per heavy atom. The molecule has 1 aromatic heterocycles. The van der Waals surface area contributed by atoms with Crippen LogP contribution in [0.25, 0.3) is 11.0 Å². The summed E-state index contributed by atoms with van der Waals surface area (Å²) in [7, 11) is -3.20. The monoisotopic (exact) mass is 813 g/mol. The summed E-state index contributed by atoms with van der Waals surface area (Å²) in [5.41, 5.74) is -0.634. The molecular formula is C38H52F5N5O5SSi. The van der Waals surface area contributed by atoms with Crippen molar-refractivity contribution >= 4 is 41.9 Å². The number of rotatable bonds is 18. The fourth-order valence-electron chi connectivity index (χ4n) is 6.05. The van der Waals surface area contributed by atoms with Crippen molar-refractivity contribution in [2.45, 2.75) is 114 Å². The number of amides is 2. The number of benzene rings is 2. The summed E-state index contributed by atoms with van der Waals surface area (Å²) >= 11 is 0. The van der Waals surface area contributed by atoms with Crippen molar-refractivity contribution < 1.29 is 45.2 Å². The minimum absolute atomic E-state index is 0.00694.